The highest BCUT2D eigenvalue weighted by Gasteiger charge is 2.00. The molecule has 0 atom stereocenters. The first-order chi connectivity index (χ1) is 11.1. The maximum absolute atomic E-state index is 11.9. The first kappa shape index (κ1) is 17.2. The van der Waals surface area contributed by atoms with E-state index in [9.17, 15) is 4.79 Å². The molecule has 1 amide bonds. The molecule has 0 fully saturated rings. The fraction of sp³-hybridized carbons (Fsp3) is 0.211. The highest BCUT2D eigenvalue weighted by atomic mass is 32.2. The van der Waals surface area contributed by atoms with Crippen molar-refractivity contribution < 1.29 is 9.53 Å². The summed E-state index contributed by atoms with van der Waals surface area (Å²) in [6, 6.07) is 13.8. The van der Waals surface area contributed by atoms with Gasteiger partial charge in [0.25, 0.3) is 0 Å². The Balaban J connectivity index is 1.80. The van der Waals surface area contributed by atoms with E-state index in [0.29, 0.717) is 0 Å². The largest absolute Gasteiger partial charge is 0.497 e. The highest BCUT2D eigenvalue weighted by Crippen LogP contribution is 2.17. The lowest BCUT2D eigenvalue weighted by Crippen LogP contribution is -2.07. The Morgan fingerprint density at radius 2 is 1.87 bits per heavy atom. The lowest BCUT2D eigenvalue weighted by atomic mass is 10.1. The normalized spacial score (nSPS) is 10.7. The van der Waals surface area contributed by atoms with Gasteiger partial charge in [-0.15, -0.1) is 11.8 Å². The summed E-state index contributed by atoms with van der Waals surface area (Å²) in [5.74, 6) is 1.55. The number of rotatable bonds is 6. The summed E-state index contributed by atoms with van der Waals surface area (Å²) < 4.78 is 5.12. The minimum atomic E-state index is -0.115. The summed E-state index contributed by atoms with van der Waals surface area (Å²) in [5.41, 5.74) is 4.40. The summed E-state index contributed by atoms with van der Waals surface area (Å²) in [6.07, 6.45) is 1.56. The Hall–Kier alpha value is -2.20. The van der Waals surface area contributed by atoms with Gasteiger partial charge in [0.15, 0.2) is 0 Å². The van der Waals surface area contributed by atoms with Gasteiger partial charge in [-0.3, -0.25) is 4.79 Å². The van der Waals surface area contributed by atoms with Gasteiger partial charge in [0.05, 0.1) is 7.11 Å². The number of anilines is 1. The number of hydrogen-bond donors (Lipinski definition) is 1. The second kappa shape index (κ2) is 8.44. The van der Waals surface area contributed by atoms with Crippen molar-refractivity contribution in [3.63, 3.8) is 0 Å². The molecule has 0 aliphatic heterocycles. The molecule has 0 aliphatic rings. The summed E-state index contributed by atoms with van der Waals surface area (Å²) in [5, 5.41) is 4.69. The second-order valence-corrected chi connectivity index (χ2v) is 6.14. The van der Waals surface area contributed by atoms with E-state index < -0.39 is 0 Å². The Bertz CT molecular complexity index is 693. The smallest absolute Gasteiger partial charge is 0.248 e. The van der Waals surface area contributed by atoms with Crippen LogP contribution in [0.3, 0.4) is 0 Å². The molecule has 2 rings (SSSR count). The fourth-order valence-electron chi connectivity index (χ4n) is 1.98. The van der Waals surface area contributed by atoms with E-state index in [1.165, 1.54) is 16.7 Å². The number of ether oxygens (including phenoxy) is 1. The van der Waals surface area contributed by atoms with E-state index in [0.717, 1.165) is 17.2 Å². The van der Waals surface area contributed by atoms with Crippen LogP contribution in [0.5, 0.6) is 5.75 Å². The number of carbonyl (C=O) groups is 1. The predicted molar refractivity (Wildman–Crippen MR) is 98.0 cm³/mol. The topological polar surface area (TPSA) is 38.3 Å². The van der Waals surface area contributed by atoms with E-state index in [1.807, 2.05) is 54.8 Å². The fourth-order valence-corrected chi connectivity index (χ4v) is 2.68. The minimum absolute atomic E-state index is 0.115. The van der Waals surface area contributed by atoms with Gasteiger partial charge < -0.3 is 10.1 Å². The van der Waals surface area contributed by atoms with Crippen molar-refractivity contribution in [1.82, 2.24) is 0 Å². The Morgan fingerprint density at radius 1 is 1.13 bits per heavy atom. The molecular weight excluding hydrogens is 306 g/mol. The van der Waals surface area contributed by atoms with Gasteiger partial charge in [0.2, 0.25) is 5.91 Å². The molecule has 0 saturated carbocycles. The van der Waals surface area contributed by atoms with Crippen molar-refractivity contribution >= 4 is 23.4 Å². The van der Waals surface area contributed by atoms with Crippen LogP contribution >= 0.6 is 11.8 Å². The number of thioether (sulfide) groups is 1. The third kappa shape index (κ3) is 5.49. The number of amides is 1. The molecule has 4 heteroatoms. The number of carbonyl (C=O) groups excluding carboxylic acids is 1. The van der Waals surface area contributed by atoms with Gasteiger partial charge in [-0.05, 0) is 60.2 Å². The molecule has 0 radical (unpaired) electrons. The molecule has 2 aromatic carbocycles. The van der Waals surface area contributed by atoms with Crippen LogP contribution in [0, 0.1) is 13.8 Å². The molecule has 0 aliphatic carbocycles. The molecule has 0 heterocycles. The monoisotopic (exact) mass is 327 g/mol. The number of nitrogens with one attached hydrogen (secondary N) is 1. The third-order valence-electron chi connectivity index (χ3n) is 3.50. The van der Waals surface area contributed by atoms with Crippen molar-refractivity contribution in [1.29, 1.82) is 0 Å². The highest BCUT2D eigenvalue weighted by molar-refractivity contribution is 8.01. The van der Waals surface area contributed by atoms with E-state index in [-0.39, 0.29) is 5.91 Å². The maximum Gasteiger partial charge on any atom is 0.248 e. The average molecular weight is 327 g/mol. The summed E-state index contributed by atoms with van der Waals surface area (Å²) in [6.45, 7) is 4.09. The van der Waals surface area contributed by atoms with Crippen molar-refractivity contribution in [3.05, 3.63) is 70.6 Å². The first-order valence-corrected chi connectivity index (χ1v) is 8.42. The van der Waals surface area contributed by atoms with Crippen LogP contribution in [-0.2, 0) is 10.5 Å². The summed E-state index contributed by atoms with van der Waals surface area (Å²) >= 11 is 1.58. The molecule has 0 aromatic heterocycles. The Labute approximate surface area is 141 Å². The lowest BCUT2D eigenvalue weighted by molar-refractivity contribution is -0.111. The molecule has 23 heavy (non-hydrogen) atoms. The lowest BCUT2D eigenvalue weighted by Gasteiger charge is -2.05. The number of aryl methyl sites for hydroxylation is 2. The zero-order valence-corrected chi connectivity index (χ0v) is 14.4. The van der Waals surface area contributed by atoms with E-state index in [1.54, 1.807) is 24.9 Å². The molecule has 2 aromatic rings. The van der Waals surface area contributed by atoms with E-state index in [4.69, 9.17) is 4.74 Å². The van der Waals surface area contributed by atoms with Crippen molar-refractivity contribution in [3.8, 4) is 5.75 Å². The van der Waals surface area contributed by atoms with Gasteiger partial charge in [0, 0.05) is 17.5 Å². The van der Waals surface area contributed by atoms with Gasteiger partial charge in [-0.25, -0.2) is 0 Å². The van der Waals surface area contributed by atoms with Gasteiger partial charge in [-0.2, -0.15) is 0 Å². The number of methoxy groups -OCH3 is 1. The van der Waals surface area contributed by atoms with Crippen LogP contribution in [0.1, 0.15) is 16.7 Å². The Morgan fingerprint density at radius 3 is 2.52 bits per heavy atom. The zero-order chi connectivity index (χ0) is 16.7. The van der Waals surface area contributed by atoms with Gasteiger partial charge in [0.1, 0.15) is 5.75 Å². The third-order valence-corrected chi connectivity index (χ3v) is 4.33. The van der Waals surface area contributed by atoms with Crippen molar-refractivity contribution in [2.45, 2.75) is 19.6 Å². The average Bonchev–Trinajstić information content (AvgIpc) is 2.55. The standard InChI is InChI=1S/C19H21NO2S/c1-14-4-7-17(12-15(14)2)20-19(21)10-11-23-13-16-5-8-18(22-3)9-6-16/h4-12H,13H2,1-3H3,(H,20,21). The molecular formula is C19H21NO2S. The van der Waals surface area contributed by atoms with Crippen LogP contribution in [0.25, 0.3) is 0 Å². The molecule has 0 spiro atoms. The van der Waals surface area contributed by atoms with Crippen LogP contribution < -0.4 is 10.1 Å². The minimum Gasteiger partial charge on any atom is -0.497 e. The zero-order valence-electron chi connectivity index (χ0n) is 13.6. The molecule has 0 unspecified atom stereocenters. The predicted octanol–water partition coefficient (Wildman–Crippen LogP) is 4.70. The van der Waals surface area contributed by atoms with Crippen molar-refractivity contribution in [2.24, 2.45) is 0 Å². The van der Waals surface area contributed by atoms with Crippen molar-refractivity contribution in [2.75, 3.05) is 12.4 Å². The number of hydrogen-bond acceptors (Lipinski definition) is 3. The van der Waals surface area contributed by atoms with E-state index >= 15 is 0 Å². The molecule has 0 bridgehead atoms. The summed E-state index contributed by atoms with van der Waals surface area (Å²) in [7, 11) is 1.65. The van der Waals surface area contributed by atoms with Crippen LogP contribution in [0.2, 0.25) is 0 Å². The SMILES string of the molecule is COc1ccc(CSC=CC(=O)Nc2ccc(C)c(C)c2)cc1. The molecule has 3 nitrogen and oxygen atoms in total. The Kier molecular flexibility index (Phi) is 6.29. The quantitative estimate of drug-likeness (QED) is 0.782. The molecule has 120 valence electrons. The van der Waals surface area contributed by atoms with Crippen LogP contribution in [0.4, 0.5) is 5.69 Å². The van der Waals surface area contributed by atoms with Gasteiger partial charge in [-0.1, -0.05) is 18.2 Å². The molecule has 1 N–H and O–H groups in total. The van der Waals surface area contributed by atoms with Crippen LogP contribution in [0.15, 0.2) is 53.9 Å². The van der Waals surface area contributed by atoms with Gasteiger partial charge >= 0.3 is 0 Å². The van der Waals surface area contributed by atoms with Crippen LogP contribution in [-0.4, -0.2) is 13.0 Å². The summed E-state index contributed by atoms with van der Waals surface area (Å²) in [4.78, 5) is 11.9. The number of benzene rings is 2. The molecule has 0 saturated heterocycles. The second-order valence-electron chi connectivity index (χ2n) is 5.25. The first-order valence-electron chi connectivity index (χ1n) is 7.38. The van der Waals surface area contributed by atoms with E-state index in [2.05, 4.69) is 12.2 Å². The maximum atomic E-state index is 11.9.